The Kier molecular flexibility index (Phi) is 5.64. The van der Waals surface area contributed by atoms with Gasteiger partial charge in [0, 0.05) is 6.42 Å². The van der Waals surface area contributed by atoms with E-state index in [0.29, 0.717) is 0 Å². The summed E-state index contributed by atoms with van der Waals surface area (Å²) in [4.78, 5) is 0. The largest absolute Gasteiger partial charge is 0.490 e. The number of unbranched alkanes of at least 4 members (excludes halogenated alkanes) is 1. The van der Waals surface area contributed by atoms with Gasteiger partial charge in [-0.2, -0.15) is 5.26 Å². The quantitative estimate of drug-likeness (QED) is 0.864. The number of hydrogen-bond donors (Lipinski definition) is 1. The van der Waals surface area contributed by atoms with Gasteiger partial charge < -0.3 is 10.1 Å². The highest BCUT2D eigenvalue weighted by atomic mass is 16.5. The Morgan fingerprint density at radius 3 is 2.76 bits per heavy atom. The summed E-state index contributed by atoms with van der Waals surface area (Å²) in [6.45, 7) is 2.21. The van der Waals surface area contributed by atoms with Crippen LogP contribution >= 0.6 is 0 Å². The number of aryl methyl sites for hydroxylation is 1. The average Bonchev–Trinajstić information content (AvgIpc) is 2.54. The van der Waals surface area contributed by atoms with E-state index in [9.17, 15) is 5.26 Å². The maximum atomic E-state index is 9.38. The number of rotatable bonds is 6. The molecule has 0 spiro atoms. The van der Waals surface area contributed by atoms with E-state index in [-0.39, 0.29) is 6.10 Å². The summed E-state index contributed by atoms with van der Waals surface area (Å²) in [7, 11) is 1.87. The van der Waals surface area contributed by atoms with Crippen LogP contribution in [0.25, 0.3) is 0 Å². The monoisotopic (exact) mass is 286 g/mol. The maximum absolute atomic E-state index is 9.38. The smallest absolute Gasteiger partial charge is 0.119 e. The lowest BCUT2D eigenvalue weighted by Gasteiger charge is -2.35. The fourth-order valence-corrected chi connectivity index (χ4v) is 3.02. The molecular weight excluding hydrogens is 260 g/mol. The van der Waals surface area contributed by atoms with E-state index in [1.807, 2.05) is 7.05 Å². The second-order valence-corrected chi connectivity index (χ2v) is 6.03. The summed E-state index contributed by atoms with van der Waals surface area (Å²) in [6.07, 6.45) is 7.46. The number of nitrogens with one attached hydrogen (secondary N) is 1. The van der Waals surface area contributed by atoms with Crippen molar-refractivity contribution in [3.8, 4) is 11.8 Å². The van der Waals surface area contributed by atoms with Gasteiger partial charge in [0.15, 0.2) is 0 Å². The van der Waals surface area contributed by atoms with E-state index in [1.165, 1.54) is 18.4 Å². The van der Waals surface area contributed by atoms with Gasteiger partial charge in [-0.3, -0.25) is 0 Å². The van der Waals surface area contributed by atoms with Crippen molar-refractivity contribution in [2.24, 2.45) is 0 Å². The van der Waals surface area contributed by atoms with Crippen LogP contribution in [0.2, 0.25) is 0 Å². The molecular formula is C18H26N2O. The van der Waals surface area contributed by atoms with Crippen LogP contribution in [0, 0.1) is 11.3 Å². The molecule has 0 saturated heterocycles. The molecule has 0 amide bonds. The Morgan fingerprint density at radius 1 is 1.38 bits per heavy atom. The molecule has 21 heavy (non-hydrogen) atoms. The summed E-state index contributed by atoms with van der Waals surface area (Å²) in [5.74, 6) is 0.921. The van der Waals surface area contributed by atoms with Crippen LogP contribution in [-0.4, -0.2) is 18.7 Å². The Bertz CT molecular complexity index is 477. The van der Waals surface area contributed by atoms with Gasteiger partial charge in [0.1, 0.15) is 17.4 Å². The number of nitriles is 1. The van der Waals surface area contributed by atoms with Crippen molar-refractivity contribution in [2.45, 2.75) is 63.5 Å². The third-order valence-electron chi connectivity index (χ3n) is 4.44. The molecule has 1 saturated carbocycles. The van der Waals surface area contributed by atoms with Crippen LogP contribution in [0.3, 0.4) is 0 Å². The van der Waals surface area contributed by atoms with E-state index in [2.05, 4.69) is 42.6 Å². The van der Waals surface area contributed by atoms with Crippen LogP contribution in [0.1, 0.15) is 51.0 Å². The van der Waals surface area contributed by atoms with E-state index in [1.54, 1.807) is 0 Å². The Balaban J connectivity index is 1.93. The Hall–Kier alpha value is -1.53. The summed E-state index contributed by atoms with van der Waals surface area (Å²) < 4.78 is 6.08. The van der Waals surface area contributed by atoms with Crippen LogP contribution in [-0.2, 0) is 6.42 Å². The number of hydrogen-bond acceptors (Lipinski definition) is 3. The first-order valence-corrected chi connectivity index (χ1v) is 8.07. The fourth-order valence-electron chi connectivity index (χ4n) is 3.02. The third kappa shape index (κ3) is 4.22. The second kappa shape index (κ2) is 7.47. The van der Waals surface area contributed by atoms with Crippen LogP contribution < -0.4 is 10.1 Å². The number of ether oxygens (including phenoxy) is 1. The highest BCUT2D eigenvalue weighted by Gasteiger charge is 2.36. The predicted octanol–water partition coefficient (Wildman–Crippen LogP) is 3.83. The first-order chi connectivity index (χ1) is 10.2. The van der Waals surface area contributed by atoms with E-state index < -0.39 is 5.54 Å². The van der Waals surface area contributed by atoms with Crippen molar-refractivity contribution in [3.63, 3.8) is 0 Å². The Morgan fingerprint density at radius 2 is 2.14 bits per heavy atom. The standard InChI is InChI=1S/C18H26N2O/c1-3-4-6-15-8-10-16(11-9-15)21-17-7-5-12-18(13-17,14-19)20-2/h8-11,17,20H,3-7,12-13H2,1-2H3. The van der Waals surface area contributed by atoms with Crippen LogP contribution in [0.5, 0.6) is 5.75 Å². The molecule has 3 nitrogen and oxygen atoms in total. The second-order valence-electron chi connectivity index (χ2n) is 6.03. The molecule has 3 heteroatoms. The molecule has 1 aromatic carbocycles. The molecule has 1 aliphatic rings. The summed E-state index contributed by atoms with van der Waals surface area (Å²) in [6, 6.07) is 10.9. The van der Waals surface area contributed by atoms with Crippen molar-refractivity contribution < 1.29 is 4.74 Å². The molecule has 2 atom stereocenters. The van der Waals surface area contributed by atoms with Gasteiger partial charge >= 0.3 is 0 Å². The van der Waals surface area contributed by atoms with E-state index in [4.69, 9.17) is 4.74 Å². The lowest BCUT2D eigenvalue weighted by Crippen LogP contribution is -2.48. The molecule has 114 valence electrons. The zero-order valence-electron chi connectivity index (χ0n) is 13.2. The Labute approximate surface area is 128 Å². The third-order valence-corrected chi connectivity index (χ3v) is 4.44. The summed E-state index contributed by atoms with van der Waals surface area (Å²) in [5.41, 5.74) is 0.957. The first kappa shape index (κ1) is 15.9. The molecule has 2 unspecified atom stereocenters. The van der Waals surface area contributed by atoms with Gasteiger partial charge in [-0.25, -0.2) is 0 Å². The SMILES string of the molecule is CCCCc1ccc(OC2CCCC(C#N)(NC)C2)cc1. The van der Waals surface area contributed by atoms with Gasteiger partial charge in [-0.15, -0.1) is 0 Å². The molecule has 1 N–H and O–H groups in total. The van der Waals surface area contributed by atoms with Crippen LogP contribution in [0.4, 0.5) is 0 Å². The molecule has 2 rings (SSSR count). The van der Waals surface area contributed by atoms with E-state index in [0.717, 1.165) is 37.9 Å². The van der Waals surface area contributed by atoms with Gasteiger partial charge in [-0.1, -0.05) is 25.5 Å². The molecule has 1 aromatic rings. The lowest BCUT2D eigenvalue weighted by molar-refractivity contribution is 0.116. The highest BCUT2D eigenvalue weighted by molar-refractivity contribution is 5.27. The zero-order chi connectivity index (χ0) is 15.1. The molecule has 1 aliphatic carbocycles. The van der Waals surface area contributed by atoms with Gasteiger partial charge in [0.05, 0.1) is 6.07 Å². The van der Waals surface area contributed by atoms with Crippen molar-refractivity contribution in [2.75, 3.05) is 7.05 Å². The summed E-state index contributed by atoms with van der Waals surface area (Å²) >= 11 is 0. The molecule has 0 radical (unpaired) electrons. The highest BCUT2D eigenvalue weighted by Crippen LogP contribution is 2.30. The number of benzene rings is 1. The van der Waals surface area contributed by atoms with Crippen molar-refractivity contribution in [3.05, 3.63) is 29.8 Å². The minimum Gasteiger partial charge on any atom is -0.490 e. The van der Waals surface area contributed by atoms with Crippen LogP contribution in [0.15, 0.2) is 24.3 Å². The van der Waals surface area contributed by atoms with Gasteiger partial charge in [-0.05, 0) is 56.8 Å². The molecule has 0 bridgehead atoms. The fraction of sp³-hybridized carbons (Fsp3) is 0.611. The molecule has 0 heterocycles. The van der Waals surface area contributed by atoms with E-state index >= 15 is 0 Å². The average molecular weight is 286 g/mol. The lowest BCUT2D eigenvalue weighted by atomic mass is 9.81. The minimum absolute atomic E-state index is 0.132. The molecule has 1 fully saturated rings. The van der Waals surface area contributed by atoms with Gasteiger partial charge in [0.2, 0.25) is 0 Å². The minimum atomic E-state index is -0.413. The molecule has 0 aliphatic heterocycles. The first-order valence-electron chi connectivity index (χ1n) is 8.07. The van der Waals surface area contributed by atoms with Crippen molar-refractivity contribution >= 4 is 0 Å². The zero-order valence-corrected chi connectivity index (χ0v) is 13.2. The number of nitrogens with zero attached hydrogens (tertiary/aromatic N) is 1. The van der Waals surface area contributed by atoms with Crippen molar-refractivity contribution in [1.29, 1.82) is 5.26 Å². The molecule has 0 aromatic heterocycles. The maximum Gasteiger partial charge on any atom is 0.119 e. The van der Waals surface area contributed by atoms with Crippen molar-refractivity contribution in [1.82, 2.24) is 5.32 Å². The van der Waals surface area contributed by atoms with Gasteiger partial charge in [0.25, 0.3) is 0 Å². The normalized spacial score (nSPS) is 25.3. The topological polar surface area (TPSA) is 45.0 Å². The predicted molar refractivity (Wildman–Crippen MR) is 85.3 cm³/mol. The summed E-state index contributed by atoms with van der Waals surface area (Å²) in [5, 5.41) is 12.6.